The molecule has 0 unspecified atom stereocenters. The Labute approximate surface area is 88.5 Å². The van der Waals surface area contributed by atoms with Gasteiger partial charge in [-0.25, -0.2) is 8.78 Å². The van der Waals surface area contributed by atoms with Gasteiger partial charge in [0, 0.05) is 11.6 Å². The Morgan fingerprint density at radius 1 is 1.27 bits per heavy atom. The molecule has 0 amide bonds. The first kappa shape index (κ1) is 10.6. The molecule has 0 saturated heterocycles. The quantitative estimate of drug-likeness (QED) is 0.810. The van der Waals surface area contributed by atoms with Crippen molar-refractivity contribution in [3.8, 4) is 0 Å². The van der Waals surface area contributed by atoms with Gasteiger partial charge in [0.2, 0.25) is 0 Å². The zero-order chi connectivity index (χ0) is 10.8. The first-order chi connectivity index (χ1) is 7.22. The fraction of sp³-hybridized carbons (Fsp3) is 0.500. The SMILES string of the molecule is CCNC1CC(c2c(F)cccc2F)C1. The van der Waals surface area contributed by atoms with Crippen LogP contribution in [0.3, 0.4) is 0 Å². The summed E-state index contributed by atoms with van der Waals surface area (Å²) in [4.78, 5) is 0. The van der Waals surface area contributed by atoms with E-state index in [9.17, 15) is 8.78 Å². The summed E-state index contributed by atoms with van der Waals surface area (Å²) in [6.07, 6.45) is 1.68. The minimum atomic E-state index is -0.407. The Morgan fingerprint density at radius 2 is 1.87 bits per heavy atom. The first-order valence-corrected chi connectivity index (χ1v) is 5.39. The van der Waals surface area contributed by atoms with Crippen molar-refractivity contribution in [1.82, 2.24) is 5.32 Å². The molecule has 1 aliphatic carbocycles. The lowest BCUT2D eigenvalue weighted by atomic mass is 9.75. The van der Waals surface area contributed by atoms with Crippen LogP contribution >= 0.6 is 0 Å². The van der Waals surface area contributed by atoms with E-state index in [1.807, 2.05) is 6.92 Å². The Bertz CT molecular complexity index is 325. The highest BCUT2D eigenvalue weighted by atomic mass is 19.1. The second kappa shape index (κ2) is 4.27. The number of benzene rings is 1. The molecule has 2 rings (SSSR count). The summed E-state index contributed by atoms with van der Waals surface area (Å²) >= 11 is 0. The molecule has 0 bridgehead atoms. The van der Waals surface area contributed by atoms with Crippen LogP contribution in [-0.2, 0) is 0 Å². The predicted molar refractivity (Wildman–Crippen MR) is 55.8 cm³/mol. The number of halogens is 2. The first-order valence-electron chi connectivity index (χ1n) is 5.39. The van der Waals surface area contributed by atoms with Crippen LogP contribution in [0.15, 0.2) is 18.2 Å². The zero-order valence-electron chi connectivity index (χ0n) is 8.76. The molecule has 1 fully saturated rings. The van der Waals surface area contributed by atoms with Crippen molar-refractivity contribution in [3.63, 3.8) is 0 Å². The molecule has 3 heteroatoms. The van der Waals surface area contributed by atoms with E-state index in [-0.39, 0.29) is 11.5 Å². The van der Waals surface area contributed by atoms with Crippen molar-refractivity contribution in [3.05, 3.63) is 35.4 Å². The standard InChI is InChI=1S/C12H15F2N/c1-2-15-9-6-8(7-9)12-10(13)4-3-5-11(12)14/h3-5,8-9,15H,2,6-7H2,1H3. The van der Waals surface area contributed by atoms with Crippen LogP contribution < -0.4 is 5.32 Å². The number of hydrogen-bond donors (Lipinski definition) is 1. The number of hydrogen-bond acceptors (Lipinski definition) is 1. The minimum absolute atomic E-state index is 0.0512. The van der Waals surface area contributed by atoms with E-state index in [4.69, 9.17) is 0 Å². The highest BCUT2D eigenvalue weighted by Crippen LogP contribution is 2.39. The van der Waals surface area contributed by atoms with Gasteiger partial charge in [0.05, 0.1) is 0 Å². The Kier molecular flexibility index (Phi) is 3.00. The molecule has 0 heterocycles. The summed E-state index contributed by atoms with van der Waals surface area (Å²) in [5.41, 5.74) is 0.270. The second-order valence-electron chi connectivity index (χ2n) is 4.06. The van der Waals surface area contributed by atoms with E-state index in [0.717, 1.165) is 19.4 Å². The molecule has 1 nitrogen and oxygen atoms in total. The van der Waals surface area contributed by atoms with Gasteiger partial charge in [-0.15, -0.1) is 0 Å². The van der Waals surface area contributed by atoms with Gasteiger partial charge in [0.15, 0.2) is 0 Å². The third kappa shape index (κ3) is 2.02. The van der Waals surface area contributed by atoms with Crippen LogP contribution in [0.25, 0.3) is 0 Å². The largest absolute Gasteiger partial charge is 0.314 e. The maximum atomic E-state index is 13.4. The van der Waals surface area contributed by atoms with Gasteiger partial charge in [-0.3, -0.25) is 0 Å². The summed E-state index contributed by atoms with van der Waals surface area (Å²) < 4.78 is 26.7. The van der Waals surface area contributed by atoms with E-state index in [1.165, 1.54) is 18.2 Å². The lowest BCUT2D eigenvalue weighted by Gasteiger charge is -2.36. The second-order valence-corrected chi connectivity index (χ2v) is 4.06. The predicted octanol–water partition coefficient (Wildman–Crippen LogP) is 2.82. The molecule has 0 atom stereocenters. The molecule has 15 heavy (non-hydrogen) atoms. The molecule has 1 aromatic carbocycles. The summed E-state index contributed by atoms with van der Waals surface area (Å²) in [5, 5.41) is 3.28. The van der Waals surface area contributed by atoms with Crippen molar-refractivity contribution in [2.45, 2.75) is 31.7 Å². The summed E-state index contributed by atoms with van der Waals surface area (Å²) in [5.74, 6) is -0.764. The molecule has 1 saturated carbocycles. The van der Waals surface area contributed by atoms with Crippen LogP contribution in [0.4, 0.5) is 8.78 Å². The van der Waals surface area contributed by atoms with Gasteiger partial charge in [-0.1, -0.05) is 13.0 Å². The third-order valence-corrected chi connectivity index (χ3v) is 3.04. The van der Waals surface area contributed by atoms with Crippen LogP contribution in [0.5, 0.6) is 0 Å². The Hall–Kier alpha value is -0.960. The van der Waals surface area contributed by atoms with Crippen molar-refractivity contribution >= 4 is 0 Å². The zero-order valence-corrected chi connectivity index (χ0v) is 8.76. The molecule has 0 spiro atoms. The normalized spacial score (nSPS) is 25.0. The van der Waals surface area contributed by atoms with Crippen molar-refractivity contribution < 1.29 is 8.78 Å². The summed E-state index contributed by atoms with van der Waals surface area (Å²) in [7, 11) is 0. The van der Waals surface area contributed by atoms with Gasteiger partial charge in [0.1, 0.15) is 11.6 Å². The van der Waals surface area contributed by atoms with Crippen LogP contribution in [0.2, 0.25) is 0 Å². The van der Waals surface area contributed by atoms with E-state index in [2.05, 4.69) is 5.32 Å². The van der Waals surface area contributed by atoms with Gasteiger partial charge in [0.25, 0.3) is 0 Å². The van der Waals surface area contributed by atoms with Crippen molar-refractivity contribution in [2.75, 3.05) is 6.54 Å². The number of nitrogens with one attached hydrogen (secondary N) is 1. The molecule has 0 aromatic heterocycles. The maximum absolute atomic E-state index is 13.4. The van der Waals surface area contributed by atoms with Gasteiger partial charge in [-0.05, 0) is 37.4 Å². The summed E-state index contributed by atoms with van der Waals surface area (Å²) in [6, 6.07) is 4.51. The average Bonchev–Trinajstić information content (AvgIpc) is 2.13. The highest BCUT2D eigenvalue weighted by Gasteiger charge is 2.33. The molecular formula is C12H15F2N. The van der Waals surface area contributed by atoms with E-state index in [1.54, 1.807) is 0 Å². The molecule has 1 aliphatic rings. The van der Waals surface area contributed by atoms with Crippen molar-refractivity contribution in [1.29, 1.82) is 0 Å². The van der Waals surface area contributed by atoms with Gasteiger partial charge < -0.3 is 5.32 Å². The minimum Gasteiger partial charge on any atom is -0.314 e. The third-order valence-electron chi connectivity index (χ3n) is 3.04. The molecular weight excluding hydrogens is 196 g/mol. The van der Waals surface area contributed by atoms with Gasteiger partial charge in [-0.2, -0.15) is 0 Å². The van der Waals surface area contributed by atoms with E-state index >= 15 is 0 Å². The van der Waals surface area contributed by atoms with E-state index < -0.39 is 11.6 Å². The Morgan fingerprint density at radius 3 is 2.40 bits per heavy atom. The lowest BCUT2D eigenvalue weighted by Crippen LogP contribution is -2.40. The fourth-order valence-corrected chi connectivity index (χ4v) is 2.21. The summed E-state index contributed by atoms with van der Waals surface area (Å²) in [6.45, 7) is 2.95. The van der Waals surface area contributed by atoms with E-state index in [0.29, 0.717) is 6.04 Å². The fourth-order valence-electron chi connectivity index (χ4n) is 2.21. The lowest BCUT2D eigenvalue weighted by molar-refractivity contribution is 0.283. The molecule has 0 radical (unpaired) electrons. The maximum Gasteiger partial charge on any atom is 0.129 e. The van der Waals surface area contributed by atoms with Crippen LogP contribution in [-0.4, -0.2) is 12.6 Å². The van der Waals surface area contributed by atoms with Crippen LogP contribution in [0.1, 0.15) is 31.2 Å². The van der Waals surface area contributed by atoms with Crippen molar-refractivity contribution in [2.24, 2.45) is 0 Å². The smallest absolute Gasteiger partial charge is 0.129 e. The topological polar surface area (TPSA) is 12.0 Å². The average molecular weight is 211 g/mol. The molecule has 1 aromatic rings. The Balaban J connectivity index is 2.06. The van der Waals surface area contributed by atoms with Crippen LogP contribution in [0, 0.1) is 11.6 Å². The van der Waals surface area contributed by atoms with Gasteiger partial charge >= 0.3 is 0 Å². The monoisotopic (exact) mass is 211 g/mol. The molecule has 82 valence electrons. The molecule has 0 aliphatic heterocycles. The number of rotatable bonds is 3. The highest BCUT2D eigenvalue weighted by molar-refractivity contribution is 5.26. The molecule has 1 N–H and O–H groups in total.